The first-order valence-corrected chi connectivity index (χ1v) is 18.9. The fourth-order valence-electron chi connectivity index (χ4n) is 7.81. The van der Waals surface area contributed by atoms with Crippen molar-refractivity contribution < 1.29 is 18.4 Å². The van der Waals surface area contributed by atoms with E-state index in [0.717, 1.165) is 33.2 Å². The first kappa shape index (κ1) is 25.7. The predicted molar refractivity (Wildman–Crippen MR) is 241 cm³/mol. The third-order valence-corrected chi connectivity index (χ3v) is 10.5. The predicted octanol–water partition coefficient (Wildman–Crippen LogP) is 14.4. The average molecular weight is 761 g/mol. The second kappa shape index (κ2) is 14.0. The second-order valence-electron chi connectivity index (χ2n) is 15.1. The Balaban J connectivity index is 1.11. The SMILES string of the molecule is [2H]c1c([2H])c([2H])c(-c2cccc(-c3c([2H])c([2H])c([2H])c([2H])c3[2H])c2N2C(=C)N(c3cccc(Oc4ccc5c6ccccc6n(-c6cc(C(C)(C)C)ccn6)c5c4)c3)c3ccccc32)c([2H])c1[2H]. The van der Waals surface area contributed by atoms with E-state index in [4.69, 9.17) is 23.4 Å². The van der Waals surface area contributed by atoms with Crippen LogP contribution in [0.4, 0.5) is 22.7 Å². The van der Waals surface area contributed by atoms with Crippen molar-refractivity contribution in [1.82, 2.24) is 9.55 Å². The second-order valence-corrected chi connectivity index (χ2v) is 15.1. The monoisotopic (exact) mass is 760 g/mol. The van der Waals surface area contributed by atoms with Gasteiger partial charge in [-0.25, -0.2) is 4.98 Å². The van der Waals surface area contributed by atoms with Crippen molar-refractivity contribution in [3.05, 3.63) is 206 Å². The van der Waals surface area contributed by atoms with Gasteiger partial charge in [0.15, 0.2) is 0 Å². The van der Waals surface area contributed by atoms with Crippen LogP contribution in [-0.4, -0.2) is 9.55 Å². The number of rotatable bonds is 7. The summed E-state index contributed by atoms with van der Waals surface area (Å²) in [4.78, 5) is 8.45. The molecule has 0 radical (unpaired) electrons. The summed E-state index contributed by atoms with van der Waals surface area (Å²) in [6.45, 7) is 11.1. The Morgan fingerprint density at radius 1 is 0.586 bits per heavy atom. The van der Waals surface area contributed by atoms with Crippen molar-refractivity contribution in [2.45, 2.75) is 26.2 Å². The molecule has 1 aliphatic heterocycles. The van der Waals surface area contributed by atoms with Crippen LogP contribution in [0.15, 0.2) is 200 Å². The van der Waals surface area contributed by atoms with E-state index in [9.17, 15) is 0 Å². The highest BCUT2D eigenvalue weighted by atomic mass is 16.5. The van der Waals surface area contributed by atoms with E-state index < -0.39 is 60.4 Å². The molecule has 0 N–H and O–H groups in total. The molecule has 10 rings (SSSR count). The minimum atomic E-state index is -0.568. The molecule has 0 spiro atoms. The highest BCUT2D eigenvalue weighted by Crippen LogP contribution is 2.54. The van der Waals surface area contributed by atoms with Crippen LogP contribution in [-0.2, 0) is 5.41 Å². The number of ether oxygens (including phenoxy) is 1. The lowest BCUT2D eigenvalue weighted by atomic mass is 9.88. The van der Waals surface area contributed by atoms with E-state index >= 15 is 0 Å². The van der Waals surface area contributed by atoms with Gasteiger partial charge in [-0.15, -0.1) is 0 Å². The average Bonchev–Trinajstić information content (AvgIpc) is 3.82. The van der Waals surface area contributed by atoms with Gasteiger partial charge in [0.2, 0.25) is 0 Å². The highest BCUT2D eigenvalue weighted by molar-refractivity contribution is 6.09. The maximum atomic E-state index is 9.04. The number of hydrogen-bond acceptors (Lipinski definition) is 4. The Bertz CT molecular complexity index is 3450. The summed E-state index contributed by atoms with van der Waals surface area (Å²) in [5.74, 6) is 2.23. The highest BCUT2D eigenvalue weighted by Gasteiger charge is 2.35. The summed E-state index contributed by atoms with van der Waals surface area (Å²) < 4.78 is 96.0. The third-order valence-electron chi connectivity index (χ3n) is 10.5. The molecule has 3 heterocycles. The molecular weight excluding hydrogens is 709 g/mol. The molecule has 0 saturated heterocycles. The fourth-order valence-corrected chi connectivity index (χ4v) is 7.81. The zero-order valence-corrected chi connectivity index (χ0v) is 32.0. The van der Waals surface area contributed by atoms with Gasteiger partial charge in [-0.2, -0.15) is 0 Å². The Labute approximate surface area is 353 Å². The molecule has 0 atom stereocenters. The molecule has 0 fully saturated rings. The first-order valence-electron chi connectivity index (χ1n) is 23.9. The van der Waals surface area contributed by atoms with Crippen molar-refractivity contribution in [1.29, 1.82) is 0 Å². The van der Waals surface area contributed by atoms with Gasteiger partial charge in [-0.1, -0.05) is 142 Å². The Kier molecular flexibility index (Phi) is 6.20. The minimum absolute atomic E-state index is 0.0890. The van der Waals surface area contributed by atoms with Gasteiger partial charge in [-0.3, -0.25) is 14.4 Å². The molecule has 7 aromatic carbocycles. The Morgan fingerprint density at radius 3 is 1.91 bits per heavy atom. The maximum absolute atomic E-state index is 9.04. The molecule has 0 aliphatic carbocycles. The van der Waals surface area contributed by atoms with E-state index in [1.165, 1.54) is 0 Å². The molecule has 0 unspecified atom stereocenters. The molecule has 58 heavy (non-hydrogen) atoms. The summed E-state index contributed by atoms with van der Waals surface area (Å²) in [7, 11) is 0. The van der Waals surface area contributed by atoms with Gasteiger partial charge in [0.05, 0.1) is 47.5 Å². The van der Waals surface area contributed by atoms with Crippen molar-refractivity contribution in [3.63, 3.8) is 0 Å². The topological polar surface area (TPSA) is 33.5 Å². The standard InChI is InChI=1S/C53H42N4O/c1-36-55(48-27-13-14-28-49(48)56(36)52-43(37-17-7-5-8-18-37)24-16-25-44(52)38-19-9-6-10-20-38)40-21-15-22-41(34-40)58-42-29-30-46-45-23-11-12-26-47(45)57(50(46)35-42)51-33-39(31-32-54-51)53(2,3)4/h5-35H,1H2,2-4H3/i5D,6D,7D,8D,9D,10D,17D,18D,19D,20D. The summed E-state index contributed by atoms with van der Waals surface area (Å²) in [6, 6.07) is 32.9. The first-order chi connectivity index (χ1) is 32.5. The van der Waals surface area contributed by atoms with E-state index in [0.29, 0.717) is 34.4 Å². The van der Waals surface area contributed by atoms with Crippen molar-refractivity contribution >= 4 is 44.6 Å². The third kappa shape index (κ3) is 6.00. The molecule has 0 saturated carbocycles. The molecule has 5 nitrogen and oxygen atoms in total. The molecule has 5 heteroatoms. The normalized spacial score (nSPS) is 15.1. The van der Waals surface area contributed by atoms with Crippen molar-refractivity contribution in [2.75, 3.05) is 9.80 Å². The summed E-state index contributed by atoms with van der Waals surface area (Å²) in [5.41, 5.74) is 5.13. The van der Waals surface area contributed by atoms with Gasteiger partial charge in [0.1, 0.15) is 23.1 Å². The minimum Gasteiger partial charge on any atom is -0.457 e. The van der Waals surface area contributed by atoms with E-state index in [1.807, 2.05) is 90.0 Å². The molecule has 0 bridgehead atoms. The number of anilines is 4. The van der Waals surface area contributed by atoms with Crippen LogP contribution < -0.4 is 14.5 Å². The largest absolute Gasteiger partial charge is 0.457 e. The molecule has 1 aliphatic rings. The van der Waals surface area contributed by atoms with Crippen LogP contribution in [0.25, 0.3) is 49.9 Å². The number of hydrogen-bond donors (Lipinski definition) is 0. The zero-order chi connectivity index (χ0) is 48.1. The number of fused-ring (bicyclic) bond motifs is 4. The Morgan fingerprint density at radius 2 is 1.21 bits per heavy atom. The lowest BCUT2D eigenvalue weighted by Gasteiger charge is -2.29. The molecule has 9 aromatic rings. The number of benzene rings is 7. The summed E-state index contributed by atoms with van der Waals surface area (Å²) in [6.07, 6.45) is 1.85. The van der Waals surface area contributed by atoms with Crippen molar-refractivity contribution in [3.8, 4) is 39.6 Å². The lowest BCUT2D eigenvalue weighted by molar-refractivity contribution is 0.483. The fraction of sp³-hybridized carbons (Fsp3) is 0.0755. The van der Waals surface area contributed by atoms with Gasteiger partial charge in [0.25, 0.3) is 0 Å². The van der Waals surface area contributed by atoms with Crippen LogP contribution in [0.1, 0.15) is 40.0 Å². The molecule has 2 aromatic heterocycles. The van der Waals surface area contributed by atoms with Gasteiger partial charge in [-0.05, 0) is 76.7 Å². The van der Waals surface area contributed by atoms with Crippen LogP contribution in [0, 0.1) is 0 Å². The summed E-state index contributed by atoms with van der Waals surface area (Å²) >= 11 is 0. The van der Waals surface area contributed by atoms with Crippen LogP contribution in [0.2, 0.25) is 0 Å². The van der Waals surface area contributed by atoms with Gasteiger partial charge < -0.3 is 4.74 Å². The quantitative estimate of drug-likeness (QED) is 0.162. The zero-order valence-electron chi connectivity index (χ0n) is 42.0. The number of nitrogens with zero attached hydrogens (tertiary/aromatic N) is 4. The van der Waals surface area contributed by atoms with Crippen molar-refractivity contribution in [2.24, 2.45) is 0 Å². The smallest absolute Gasteiger partial charge is 0.137 e. The van der Waals surface area contributed by atoms with Gasteiger partial charge in [0, 0.05) is 40.2 Å². The molecule has 0 amide bonds. The molecular formula is C53H42N4O. The van der Waals surface area contributed by atoms with Crippen LogP contribution in [0.3, 0.4) is 0 Å². The number of aromatic nitrogens is 2. The summed E-state index contributed by atoms with van der Waals surface area (Å²) in [5, 5.41) is 2.12. The number of para-hydroxylation sites is 4. The van der Waals surface area contributed by atoms with E-state index in [-0.39, 0.29) is 33.4 Å². The van der Waals surface area contributed by atoms with Crippen LogP contribution >= 0.6 is 0 Å². The van der Waals surface area contributed by atoms with E-state index in [1.54, 1.807) is 23.1 Å². The van der Waals surface area contributed by atoms with Gasteiger partial charge >= 0.3 is 0 Å². The maximum Gasteiger partial charge on any atom is 0.137 e. The lowest BCUT2D eigenvalue weighted by Crippen LogP contribution is -2.21. The Hall–Kier alpha value is -7.37. The molecule has 280 valence electrons. The van der Waals surface area contributed by atoms with Crippen LogP contribution in [0.5, 0.6) is 11.5 Å². The van der Waals surface area contributed by atoms with E-state index in [2.05, 4.69) is 56.2 Å². The number of pyridine rings is 1.